The number of hydrogen-bond donors (Lipinski definition) is 0. The van der Waals surface area contributed by atoms with Crippen LogP contribution in [0.15, 0.2) is 18.5 Å². The van der Waals surface area contributed by atoms with Gasteiger partial charge >= 0.3 is 0 Å². The first kappa shape index (κ1) is 11.0. The van der Waals surface area contributed by atoms with E-state index in [2.05, 4.69) is 6.92 Å². The molecule has 1 rings (SSSR count). The molecule has 0 bridgehead atoms. The van der Waals surface area contributed by atoms with Crippen molar-refractivity contribution in [2.24, 2.45) is 0 Å². The quantitative estimate of drug-likeness (QED) is 0.514. The van der Waals surface area contributed by atoms with Crippen LogP contribution in [0.2, 0.25) is 0 Å². The molecule has 14 heavy (non-hydrogen) atoms. The van der Waals surface area contributed by atoms with Gasteiger partial charge in [0.15, 0.2) is 5.78 Å². The van der Waals surface area contributed by atoms with Gasteiger partial charge in [0, 0.05) is 31.1 Å². The van der Waals surface area contributed by atoms with Gasteiger partial charge in [-0.2, -0.15) is 0 Å². The Morgan fingerprint density at radius 2 is 2.29 bits per heavy atom. The van der Waals surface area contributed by atoms with Crippen molar-refractivity contribution in [3.63, 3.8) is 0 Å². The van der Waals surface area contributed by atoms with Crippen LogP contribution < -0.4 is 0 Å². The molecule has 3 heteroatoms. The summed E-state index contributed by atoms with van der Waals surface area (Å²) in [7, 11) is 0. The van der Waals surface area contributed by atoms with Crippen molar-refractivity contribution in [3.05, 3.63) is 24.0 Å². The van der Waals surface area contributed by atoms with Crippen molar-refractivity contribution in [2.45, 2.75) is 26.8 Å². The number of carbonyl (C=O) groups is 1. The fourth-order valence-electron chi connectivity index (χ4n) is 1.20. The molecule has 0 N–H and O–H groups in total. The summed E-state index contributed by atoms with van der Waals surface area (Å²) in [4.78, 5) is 11.0. The van der Waals surface area contributed by atoms with E-state index in [0.717, 1.165) is 25.1 Å². The van der Waals surface area contributed by atoms with Gasteiger partial charge in [-0.25, -0.2) is 0 Å². The van der Waals surface area contributed by atoms with Crippen molar-refractivity contribution in [1.29, 1.82) is 0 Å². The second-order valence-corrected chi connectivity index (χ2v) is 3.31. The highest BCUT2D eigenvalue weighted by Gasteiger charge is 2.00. The van der Waals surface area contributed by atoms with Crippen molar-refractivity contribution in [1.82, 2.24) is 4.57 Å². The number of nitrogens with zero attached hydrogens (tertiary/aromatic N) is 1. The van der Waals surface area contributed by atoms with Gasteiger partial charge in [0.05, 0.1) is 6.61 Å². The summed E-state index contributed by atoms with van der Waals surface area (Å²) in [5.74, 6) is 0.109. The zero-order chi connectivity index (χ0) is 10.4. The summed E-state index contributed by atoms with van der Waals surface area (Å²) in [6.45, 7) is 5.99. The number of Topliss-reactive ketones (excluding diaryl/α,β-unsaturated/α-hetero) is 1. The molecule has 0 radical (unpaired) electrons. The maximum Gasteiger partial charge on any atom is 0.161 e. The van der Waals surface area contributed by atoms with Gasteiger partial charge in [-0.3, -0.25) is 4.79 Å². The first-order valence-corrected chi connectivity index (χ1v) is 4.98. The zero-order valence-electron chi connectivity index (χ0n) is 8.82. The first-order valence-electron chi connectivity index (χ1n) is 4.98. The first-order chi connectivity index (χ1) is 6.74. The molecule has 1 aromatic heterocycles. The molecule has 1 heterocycles. The molecule has 0 spiro atoms. The second-order valence-electron chi connectivity index (χ2n) is 3.31. The molecule has 0 unspecified atom stereocenters. The molecular formula is C11H17NO2. The third kappa shape index (κ3) is 3.34. The number of rotatable bonds is 6. The van der Waals surface area contributed by atoms with E-state index in [-0.39, 0.29) is 5.78 Å². The SMILES string of the molecule is CCCOCCn1ccc(C(C)=O)c1. The third-order valence-corrected chi connectivity index (χ3v) is 2.00. The Bertz CT molecular complexity index is 291. The van der Waals surface area contributed by atoms with Crippen molar-refractivity contribution < 1.29 is 9.53 Å². The lowest BCUT2D eigenvalue weighted by Gasteiger charge is -2.03. The van der Waals surface area contributed by atoms with Gasteiger partial charge in [-0.05, 0) is 19.4 Å². The van der Waals surface area contributed by atoms with Gasteiger partial charge in [0.1, 0.15) is 0 Å². The molecule has 0 aliphatic heterocycles. The van der Waals surface area contributed by atoms with Gasteiger partial charge < -0.3 is 9.30 Å². The highest BCUT2D eigenvalue weighted by atomic mass is 16.5. The highest BCUT2D eigenvalue weighted by Crippen LogP contribution is 2.01. The minimum atomic E-state index is 0.109. The summed E-state index contributed by atoms with van der Waals surface area (Å²) in [5, 5.41) is 0. The van der Waals surface area contributed by atoms with E-state index < -0.39 is 0 Å². The predicted molar refractivity (Wildman–Crippen MR) is 55.5 cm³/mol. The Kier molecular flexibility index (Phi) is 4.40. The van der Waals surface area contributed by atoms with Crippen LogP contribution in [0.3, 0.4) is 0 Å². The monoisotopic (exact) mass is 195 g/mol. The molecule has 0 amide bonds. The average Bonchev–Trinajstić information content (AvgIpc) is 2.61. The Morgan fingerprint density at radius 1 is 1.50 bits per heavy atom. The van der Waals surface area contributed by atoms with E-state index in [9.17, 15) is 4.79 Å². The van der Waals surface area contributed by atoms with Gasteiger partial charge in [0.2, 0.25) is 0 Å². The average molecular weight is 195 g/mol. The van der Waals surface area contributed by atoms with Crippen LogP contribution in [0.1, 0.15) is 30.6 Å². The number of ether oxygens (including phenoxy) is 1. The van der Waals surface area contributed by atoms with E-state index >= 15 is 0 Å². The molecule has 0 fully saturated rings. The standard InChI is InChI=1S/C11H17NO2/c1-3-7-14-8-6-12-5-4-11(9-12)10(2)13/h4-5,9H,3,6-8H2,1-2H3. The lowest BCUT2D eigenvalue weighted by molar-refractivity contribution is 0.101. The topological polar surface area (TPSA) is 31.2 Å². The summed E-state index contributed by atoms with van der Waals surface area (Å²) in [6.07, 6.45) is 4.81. The summed E-state index contributed by atoms with van der Waals surface area (Å²) in [5.41, 5.74) is 0.764. The molecule has 0 aliphatic rings. The Hall–Kier alpha value is -1.09. The maximum absolute atomic E-state index is 11.0. The molecule has 1 aromatic rings. The van der Waals surface area contributed by atoms with E-state index in [1.54, 1.807) is 6.92 Å². The van der Waals surface area contributed by atoms with Crippen LogP contribution in [0.25, 0.3) is 0 Å². The highest BCUT2D eigenvalue weighted by molar-refractivity contribution is 5.93. The van der Waals surface area contributed by atoms with E-state index in [1.807, 2.05) is 23.0 Å². The lowest BCUT2D eigenvalue weighted by atomic mass is 10.2. The summed E-state index contributed by atoms with van der Waals surface area (Å²) >= 11 is 0. The third-order valence-electron chi connectivity index (χ3n) is 2.00. The van der Waals surface area contributed by atoms with Gasteiger partial charge in [-0.15, -0.1) is 0 Å². The number of aromatic nitrogens is 1. The maximum atomic E-state index is 11.0. The normalized spacial score (nSPS) is 10.4. The molecule has 0 atom stereocenters. The second kappa shape index (κ2) is 5.60. The smallest absolute Gasteiger partial charge is 0.161 e. The predicted octanol–water partition coefficient (Wildman–Crippen LogP) is 2.12. The van der Waals surface area contributed by atoms with Crippen LogP contribution in [-0.4, -0.2) is 23.6 Å². The van der Waals surface area contributed by atoms with E-state index in [4.69, 9.17) is 4.74 Å². The summed E-state index contributed by atoms with van der Waals surface area (Å²) < 4.78 is 7.33. The number of ketones is 1. The van der Waals surface area contributed by atoms with E-state index in [1.165, 1.54) is 0 Å². The molecule has 0 saturated carbocycles. The summed E-state index contributed by atoms with van der Waals surface area (Å²) in [6, 6.07) is 1.84. The van der Waals surface area contributed by atoms with Crippen LogP contribution in [0.5, 0.6) is 0 Å². The van der Waals surface area contributed by atoms with Gasteiger partial charge in [0.25, 0.3) is 0 Å². The van der Waals surface area contributed by atoms with Crippen molar-refractivity contribution in [3.8, 4) is 0 Å². The van der Waals surface area contributed by atoms with Crippen LogP contribution >= 0.6 is 0 Å². The largest absolute Gasteiger partial charge is 0.380 e. The lowest BCUT2D eigenvalue weighted by Crippen LogP contribution is -2.04. The Morgan fingerprint density at radius 3 is 2.86 bits per heavy atom. The minimum absolute atomic E-state index is 0.109. The zero-order valence-corrected chi connectivity index (χ0v) is 8.82. The van der Waals surface area contributed by atoms with Crippen LogP contribution in [-0.2, 0) is 11.3 Å². The number of hydrogen-bond acceptors (Lipinski definition) is 2. The van der Waals surface area contributed by atoms with Crippen molar-refractivity contribution >= 4 is 5.78 Å². The Balaban J connectivity index is 2.33. The number of carbonyl (C=O) groups excluding carboxylic acids is 1. The molecular weight excluding hydrogens is 178 g/mol. The van der Waals surface area contributed by atoms with Crippen LogP contribution in [0.4, 0.5) is 0 Å². The molecule has 0 aromatic carbocycles. The minimum Gasteiger partial charge on any atom is -0.380 e. The fraction of sp³-hybridized carbons (Fsp3) is 0.545. The molecule has 78 valence electrons. The van der Waals surface area contributed by atoms with Crippen LogP contribution in [0, 0.1) is 0 Å². The van der Waals surface area contributed by atoms with E-state index in [0.29, 0.717) is 6.61 Å². The fourth-order valence-corrected chi connectivity index (χ4v) is 1.20. The Labute approximate surface area is 84.7 Å². The van der Waals surface area contributed by atoms with Gasteiger partial charge in [-0.1, -0.05) is 6.92 Å². The van der Waals surface area contributed by atoms with Crippen molar-refractivity contribution in [2.75, 3.05) is 13.2 Å². The molecule has 0 aliphatic carbocycles. The molecule has 3 nitrogen and oxygen atoms in total. The molecule has 0 saturated heterocycles.